The van der Waals surface area contributed by atoms with Gasteiger partial charge in [0.2, 0.25) is 5.95 Å². The third-order valence-corrected chi connectivity index (χ3v) is 3.90. The number of hydrogen-bond donors (Lipinski definition) is 2. The molecule has 0 amide bonds. The Morgan fingerprint density at radius 1 is 0.962 bits per heavy atom. The summed E-state index contributed by atoms with van der Waals surface area (Å²) in [4.78, 5) is 4.41. The summed E-state index contributed by atoms with van der Waals surface area (Å²) in [5.74, 6) is 1.95. The fraction of sp³-hybridized carbons (Fsp3) is 0.167. The number of halogens is 1. The molecule has 8 heteroatoms. The van der Waals surface area contributed by atoms with Crippen LogP contribution in [0.2, 0.25) is 5.02 Å². The lowest BCUT2D eigenvalue weighted by molar-refractivity contribution is 0.405. The van der Waals surface area contributed by atoms with Gasteiger partial charge in [-0.3, -0.25) is 0 Å². The maximum absolute atomic E-state index is 6.13. The predicted molar refractivity (Wildman–Crippen MR) is 102 cm³/mol. The van der Waals surface area contributed by atoms with Crippen LogP contribution in [0, 0.1) is 6.92 Å². The number of rotatable bonds is 6. The van der Waals surface area contributed by atoms with Gasteiger partial charge in [0.05, 0.1) is 31.1 Å². The number of nitrogens with one attached hydrogen (secondary N) is 2. The molecule has 1 aromatic heterocycles. The molecule has 134 valence electrons. The summed E-state index contributed by atoms with van der Waals surface area (Å²) >= 11 is 6.13. The summed E-state index contributed by atoms with van der Waals surface area (Å²) in [7, 11) is 3.11. The van der Waals surface area contributed by atoms with Crippen molar-refractivity contribution in [2.75, 3.05) is 24.9 Å². The van der Waals surface area contributed by atoms with E-state index >= 15 is 0 Å². The van der Waals surface area contributed by atoms with Crippen molar-refractivity contribution >= 4 is 34.7 Å². The molecule has 0 saturated carbocycles. The lowest BCUT2D eigenvalue weighted by Gasteiger charge is -2.13. The molecule has 2 N–H and O–H groups in total. The van der Waals surface area contributed by atoms with Crippen molar-refractivity contribution in [2.24, 2.45) is 0 Å². The SMILES string of the molecule is COc1cc(Nc2cnnc(Nc3ccc(C)cc3)n2)c(OC)cc1Cl. The van der Waals surface area contributed by atoms with Crippen molar-refractivity contribution in [3.05, 3.63) is 53.2 Å². The molecule has 7 nitrogen and oxygen atoms in total. The summed E-state index contributed by atoms with van der Waals surface area (Å²) in [6.07, 6.45) is 1.51. The van der Waals surface area contributed by atoms with Gasteiger partial charge in [0, 0.05) is 17.8 Å². The van der Waals surface area contributed by atoms with Crippen molar-refractivity contribution in [1.29, 1.82) is 0 Å². The van der Waals surface area contributed by atoms with E-state index < -0.39 is 0 Å². The van der Waals surface area contributed by atoms with Gasteiger partial charge in [-0.15, -0.1) is 5.10 Å². The smallest absolute Gasteiger partial charge is 0.249 e. The lowest BCUT2D eigenvalue weighted by Crippen LogP contribution is -2.03. The second kappa shape index (κ2) is 7.88. The van der Waals surface area contributed by atoms with Crippen molar-refractivity contribution < 1.29 is 9.47 Å². The van der Waals surface area contributed by atoms with Crippen molar-refractivity contribution in [3.8, 4) is 11.5 Å². The summed E-state index contributed by atoms with van der Waals surface area (Å²) < 4.78 is 10.6. The standard InChI is InChI=1S/C18H18ClN5O2/c1-11-4-6-12(7-5-11)21-18-23-17(10-20-24-18)22-14-9-15(25-2)13(19)8-16(14)26-3/h4-10H,1-3H3,(H2,21,22,23,24). The highest BCUT2D eigenvalue weighted by Gasteiger charge is 2.11. The number of hydrogen-bond acceptors (Lipinski definition) is 7. The minimum atomic E-state index is 0.374. The van der Waals surface area contributed by atoms with Crippen LogP contribution in [0.3, 0.4) is 0 Å². The first-order valence-electron chi connectivity index (χ1n) is 7.81. The van der Waals surface area contributed by atoms with Crippen LogP contribution >= 0.6 is 11.6 Å². The molecule has 0 atom stereocenters. The maximum atomic E-state index is 6.13. The maximum Gasteiger partial charge on any atom is 0.249 e. The van der Waals surface area contributed by atoms with E-state index in [1.165, 1.54) is 11.8 Å². The van der Waals surface area contributed by atoms with Crippen LogP contribution < -0.4 is 20.1 Å². The van der Waals surface area contributed by atoms with Gasteiger partial charge in [0.25, 0.3) is 0 Å². The minimum absolute atomic E-state index is 0.374. The highest BCUT2D eigenvalue weighted by molar-refractivity contribution is 6.32. The minimum Gasteiger partial charge on any atom is -0.495 e. The first kappa shape index (κ1) is 17.8. The molecule has 0 fully saturated rings. The highest BCUT2D eigenvalue weighted by Crippen LogP contribution is 2.37. The third-order valence-electron chi connectivity index (χ3n) is 3.60. The van der Waals surface area contributed by atoms with Gasteiger partial charge in [0.15, 0.2) is 5.82 Å². The molecule has 0 aliphatic heterocycles. The van der Waals surface area contributed by atoms with Gasteiger partial charge < -0.3 is 20.1 Å². The van der Waals surface area contributed by atoms with Crippen LogP contribution in [0.5, 0.6) is 11.5 Å². The zero-order chi connectivity index (χ0) is 18.5. The van der Waals surface area contributed by atoms with E-state index in [2.05, 4.69) is 25.8 Å². The Bertz CT molecular complexity index is 903. The second-order valence-corrected chi connectivity index (χ2v) is 5.88. The zero-order valence-electron chi connectivity index (χ0n) is 14.6. The molecule has 2 aromatic carbocycles. The highest BCUT2D eigenvalue weighted by atomic mass is 35.5. The second-order valence-electron chi connectivity index (χ2n) is 5.47. The number of nitrogens with zero attached hydrogens (tertiary/aromatic N) is 3. The van der Waals surface area contributed by atoms with Crippen LogP contribution in [0.4, 0.5) is 23.1 Å². The molecule has 0 unspecified atom stereocenters. The van der Waals surface area contributed by atoms with Crippen LogP contribution in [0.25, 0.3) is 0 Å². The molecule has 0 radical (unpaired) electrons. The lowest BCUT2D eigenvalue weighted by atomic mass is 10.2. The number of aromatic nitrogens is 3. The zero-order valence-corrected chi connectivity index (χ0v) is 15.3. The molecule has 26 heavy (non-hydrogen) atoms. The first-order valence-corrected chi connectivity index (χ1v) is 8.19. The third kappa shape index (κ3) is 4.12. The van der Waals surface area contributed by atoms with Gasteiger partial charge in [-0.1, -0.05) is 29.3 Å². The fourth-order valence-electron chi connectivity index (χ4n) is 2.28. The number of ether oxygens (including phenoxy) is 2. The average molecular weight is 372 g/mol. The van der Waals surface area contributed by atoms with E-state index in [-0.39, 0.29) is 0 Å². The van der Waals surface area contributed by atoms with E-state index in [1.54, 1.807) is 26.4 Å². The molecule has 0 spiro atoms. The Hall–Kier alpha value is -3.06. The molecule has 0 saturated heterocycles. The summed E-state index contributed by atoms with van der Waals surface area (Å²) in [5, 5.41) is 14.7. The van der Waals surface area contributed by atoms with E-state index in [0.29, 0.717) is 34.0 Å². The number of methoxy groups -OCH3 is 2. The van der Waals surface area contributed by atoms with Gasteiger partial charge in [-0.05, 0) is 19.1 Å². The van der Waals surface area contributed by atoms with Gasteiger partial charge >= 0.3 is 0 Å². The summed E-state index contributed by atoms with van der Waals surface area (Å²) in [6, 6.07) is 11.3. The van der Waals surface area contributed by atoms with Gasteiger partial charge in [0.1, 0.15) is 11.5 Å². The van der Waals surface area contributed by atoms with Crippen molar-refractivity contribution in [2.45, 2.75) is 6.92 Å². The van der Waals surface area contributed by atoms with E-state index in [4.69, 9.17) is 21.1 Å². The molecular formula is C18H18ClN5O2. The topological polar surface area (TPSA) is 81.2 Å². The van der Waals surface area contributed by atoms with Gasteiger partial charge in [-0.25, -0.2) is 0 Å². The summed E-state index contributed by atoms with van der Waals surface area (Å²) in [6.45, 7) is 2.03. The Morgan fingerprint density at radius 2 is 1.69 bits per heavy atom. The van der Waals surface area contributed by atoms with E-state index in [1.807, 2.05) is 31.2 Å². The normalized spacial score (nSPS) is 10.3. The van der Waals surface area contributed by atoms with Gasteiger partial charge in [-0.2, -0.15) is 10.1 Å². The Morgan fingerprint density at radius 3 is 2.38 bits per heavy atom. The quantitative estimate of drug-likeness (QED) is 0.667. The van der Waals surface area contributed by atoms with Crippen LogP contribution in [0.1, 0.15) is 5.56 Å². The van der Waals surface area contributed by atoms with E-state index in [9.17, 15) is 0 Å². The fourth-order valence-corrected chi connectivity index (χ4v) is 2.51. The van der Waals surface area contributed by atoms with Crippen molar-refractivity contribution in [1.82, 2.24) is 15.2 Å². The average Bonchev–Trinajstić information content (AvgIpc) is 2.65. The molecular weight excluding hydrogens is 354 g/mol. The Labute approximate surface area is 156 Å². The van der Waals surface area contributed by atoms with Crippen LogP contribution in [0.15, 0.2) is 42.6 Å². The van der Waals surface area contributed by atoms with E-state index in [0.717, 1.165) is 5.69 Å². The number of anilines is 4. The molecule has 0 aliphatic rings. The first-order chi connectivity index (χ1) is 12.6. The Balaban J connectivity index is 1.83. The van der Waals surface area contributed by atoms with Crippen LogP contribution in [-0.4, -0.2) is 29.4 Å². The molecule has 0 bridgehead atoms. The molecule has 3 aromatic rings. The molecule has 3 rings (SSSR count). The Kier molecular flexibility index (Phi) is 5.38. The predicted octanol–water partition coefficient (Wildman–Crippen LogP) is 4.34. The monoisotopic (exact) mass is 371 g/mol. The number of benzene rings is 2. The summed E-state index contributed by atoms with van der Waals surface area (Å²) in [5.41, 5.74) is 2.70. The van der Waals surface area contributed by atoms with Crippen molar-refractivity contribution in [3.63, 3.8) is 0 Å². The molecule has 0 aliphatic carbocycles. The largest absolute Gasteiger partial charge is 0.495 e. The molecule has 1 heterocycles. The number of aryl methyl sites for hydroxylation is 1. The van der Waals surface area contributed by atoms with Crippen LogP contribution in [-0.2, 0) is 0 Å².